The van der Waals surface area contributed by atoms with Gasteiger partial charge in [0, 0.05) is 4.57 Å². The van der Waals surface area contributed by atoms with Crippen LogP contribution in [0.2, 0.25) is 0 Å². The van der Waals surface area contributed by atoms with Crippen LogP contribution in [0.25, 0.3) is 0 Å². The summed E-state index contributed by atoms with van der Waals surface area (Å²) in [6, 6.07) is 12.7. The van der Waals surface area contributed by atoms with Crippen molar-refractivity contribution in [3.63, 3.8) is 0 Å². The Morgan fingerprint density at radius 3 is 2.54 bits per heavy atom. The summed E-state index contributed by atoms with van der Waals surface area (Å²) in [5, 5.41) is 0. The molecule has 2 aromatic carbocycles. The van der Waals surface area contributed by atoms with Crippen molar-refractivity contribution < 1.29 is 36.1 Å². The molecule has 0 aromatic heterocycles. The number of aryl methyl sites for hydroxylation is 1. The van der Waals surface area contributed by atoms with E-state index in [0.29, 0.717) is 12.2 Å². The molecule has 0 aliphatic carbocycles. The Labute approximate surface area is 151 Å². The minimum absolute atomic E-state index is 0.0798. The second-order valence-corrected chi connectivity index (χ2v) is 7.60. The Balaban J connectivity index is 1.98. The molecule has 2 unspecified atom stereocenters. The van der Waals surface area contributed by atoms with Crippen LogP contribution in [-0.4, -0.2) is 23.3 Å². The summed E-state index contributed by atoms with van der Waals surface area (Å²) in [6.45, 7) is 0. The lowest BCUT2D eigenvalue weighted by Gasteiger charge is -2.09. The average molecular weight is 403 g/mol. The lowest BCUT2D eigenvalue weighted by molar-refractivity contribution is 0.225. The van der Waals surface area contributed by atoms with E-state index in [1.54, 1.807) is 36.4 Å². The van der Waals surface area contributed by atoms with E-state index in [1.165, 1.54) is 12.1 Å². The van der Waals surface area contributed by atoms with E-state index >= 15 is 0 Å². The first-order valence-corrected chi connectivity index (χ1v) is 10.2. The van der Waals surface area contributed by atoms with Gasteiger partial charge >= 0.3 is 8.25 Å². The first-order valence-electron chi connectivity index (χ1n) is 7.56. The van der Waals surface area contributed by atoms with Gasteiger partial charge in [-0.25, -0.2) is 4.39 Å². The third kappa shape index (κ3) is 6.44. The fourth-order valence-electron chi connectivity index (χ4n) is 2.25. The normalized spacial score (nSPS) is 13.3. The molecule has 140 valence electrons. The van der Waals surface area contributed by atoms with Crippen LogP contribution in [0.1, 0.15) is 18.4 Å². The molecule has 2 aromatic rings. The number of benzene rings is 2. The van der Waals surface area contributed by atoms with Crippen molar-refractivity contribution in [1.82, 2.24) is 0 Å². The van der Waals surface area contributed by atoms with Crippen molar-refractivity contribution in [3.05, 3.63) is 59.9 Å². The largest absolute Gasteiger partial charge is 0.696 e. The first-order chi connectivity index (χ1) is 12.3. The SMILES string of the molecule is O=[P+](O)OC(CCCc1cccc(Oc2ccccc2F)c1)S(=O)(=O)O. The summed E-state index contributed by atoms with van der Waals surface area (Å²) in [5.74, 6) is -0.00554. The second-order valence-electron chi connectivity index (χ2n) is 5.36. The lowest BCUT2D eigenvalue weighted by Crippen LogP contribution is -2.21. The maximum absolute atomic E-state index is 13.6. The van der Waals surface area contributed by atoms with Gasteiger partial charge in [0.05, 0.1) is 0 Å². The van der Waals surface area contributed by atoms with Gasteiger partial charge < -0.3 is 4.74 Å². The van der Waals surface area contributed by atoms with Crippen molar-refractivity contribution >= 4 is 18.4 Å². The fraction of sp³-hybridized carbons (Fsp3) is 0.250. The van der Waals surface area contributed by atoms with Gasteiger partial charge in [0.2, 0.25) is 5.44 Å². The van der Waals surface area contributed by atoms with E-state index in [0.717, 1.165) is 5.56 Å². The number of hydrogen-bond donors (Lipinski definition) is 2. The van der Waals surface area contributed by atoms with Gasteiger partial charge in [-0.2, -0.15) is 8.42 Å². The zero-order chi connectivity index (χ0) is 19.2. The van der Waals surface area contributed by atoms with Crippen LogP contribution in [0.4, 0.5) is 4.39 Å². The van der Waals surface area contributed by atoms with E-state index in [2.05, 4.69) is 4.52 Å². The minimum atomic E-state index is -4.60. The van der Waals surface area contributed by atoms with Gasteiger partial charge in [-0.15, -0.1) is 4.89 Å². The summed E-state index contributed by atoms with van der Waals surface area (Å²) in [7, 11) is -7.76. The summed E-state index contributed by atoms with van der Waals surface area (Å²) in [5.41, 5.74) is -0.990. The fourth-order valence-corrected chi connectivity index (χ4v) is 3.68. The number of para-hydroxylation sites is 1. The molecule has 2 N–H and O–H groups in total. The molecule has 2 atom stereocenters. The van der Waals surface area contributed by atoms with Gasteiger partial charge in [-0.05, 0) is 49.1 Å². The predicted octanol–water partition coefficient (Wildman–Crippen LogP) is 3.82. The molecule has 0 heterocycles. The minimum Gasteiger partial charge on any atom is -0.454 e. The topological polar surface area (TPSA) is 110 Å². The van der Waals surface area contributed by atoms with Crippen LogP contribution in [-0.2, 0) is 25.6 Å². The smallest absolute Gasteiger partial charge is 0.454 e. The lowest BCUT2D eigenvalue weighted by atomic mass is 10.1. The second kappa shape index (κ2) is 9.16. The molecule has 0 saturated heterocycles. The van der Waals surface area contributed by atoms with Crippen LogP contribution in [0.15, 0.2) is 48.5 Å². The quantitative estimate of drug-likeness (QED) is 0.484. The van der Waals surface area contributed by atoms with Gasteiger partial charge in [0.25, 0.3) is 10.1 Å². The maximum Gasteiger partial charge on any atom is 0.696 e. The van der Waals surface area contributed by atoms with Gasteiger partial charge in [0.15, 0.2) is 11.6 Å². The third-order valence-corrected chi connectivity index (χ3v) is 4.98. The molecule has 0 bridgehead atoms. The van der Waals surface area contributed by atoms with Crippen LogP contribution >= 0.6 is 8.25 Å². The van der Waals surface area contributed by atoms with Crippen molar-refractivity contribution in [3.8, 4) is 11.5 Å². The Bertz CT molecular complexity index is 872. The molecule has 2 rings (SSSR count). The molecule has 0 amide bonds. The van der Waals surface area contributed by atoms with E-state index in [9.17, 15) is 17.4 Å². The van der Waals surface area contributed by atoms with Crippen molar-refractivity contribution in [2.75, 3.05) is 0 Å². The summed E-state index contributed by atoms with van der Waals surface area (Å²) < 4.78 is 65.3. The predicted molar refractivity (Wildman–Crippen MR) is 92.1 cm³/mol. The van der Waals surface area contributed by atoms with E-state index in [1.807, 2.05) is 0 Å². The van der Waals surface area contributed by atoms with Crippen LogP contribution in [0.3, 0.4) is 0 Å². The van der Waals surface area contributed by atoms with Gasteiger partial charge in [0.1, 0.15) is 5.75 Å². The zero-order valence-electron chi connectivity index (χ0n) is 13.5. The molecule has 0 aliphatic heterocycles. The molecular weight excluding hydrogens is 386 g/mol. The van der Waals surface area contributed by atoms with E-state index < -0.39 is 29.6 Å². The molecule has 0 aliphatic rings. The molecule has 7 nitrogen and oxygen atoms in total. The van der Waals surface area contributed by atoms with Gasteiger partial charge in [-0.1, -0.05) is 28.8 Å². The summed E-state index contributed by atoms with van der Waals surface area (Å²) in [4.78, 5) is 8.67. The maximum atomic E-state index is 13.6. The number of ether oxygens (including phenoxy) is 1. The Morgan fingerprint density at radius 2 is 1.88 bits per heavy atom. The molecular formula is C16H17FO7PS+. The number of halogens is 1. The highest BCUT2D eigenvalue weighted by molar-refractivity contribution is 7.86. The van der Waals surface area contributed by atoms with Crippen LogP contribution in [0.5, 0.6) is 11.5 Å². The van der Waals surface area contributed by atoms with Crippen LogP contribution < -0.4 is 4.74 Å². The number of hydrogen-bond acceptors (Lipinski definition) is 5. The molecule has 0 saturated carbocycles. The van der Waals surface area contributed by atoms with Crippen molar-refractivity contribution in [2.24, 2.45) is 0 Å². The number of rotatable bonds is 9. The Morgan fingerprint density at radius 1 is 1.15 bits per heavy atom. The molecule has 0 radical (unpaired) electrons. The van der Waals surface area contributed by atoms with E-state index in [-0.39, 0.29) is 18.6 Å². The standard InChI is InChI=1S/C16H16FO7PS/c17-14-8-1-2-9-15(14)23-13-7-3-5-12(11-13)6-4-10-16(24-25(18)19)26(20,21)22/h1-3,5,7-9,11,16H,4,6,10H2,(H-,18,19,20,21,22)/p+1. The first kappa shape index (κ1) is 20.4. The molecule has 0 fully saturated rings. The monoisotopic (exact) mass is 403 g/mol. The highest BCUT2D eigenvalue weighted by Crippen LogP contribution is 2.27. The Kier molecular flexibility index (Phi) is 7.19. The Hall–Kier alpha value is -1.90. The molecule has 0 spiro atoms. The van der Waals surface area contributed by atoms with E-state index in [4.69, 9.17) is 14.2 Å². The zero-order valence-corrected chi connectivity index (χ0v) is 15.2. The molecule has 26 heavy (non-hydrogen) atoms. The highest BCUT2D eigenvalue weighted by atomic mass is 32.2. The highest BCUT2D eigenvalue weighted by Gasteiger charge is 2.33. The summed E-state index contributed by atoms with van der Waals surface area (Å²) >= 11 is 0. The third-order valence-electron chi connectivity index (χ3n) is 3.41. The van der Waals surface area contributed by atoms with Crippen molar-refractivity contribution in [1.29, 1.82) is 0 Å². The average Bonchev–Trinajstić information content (AvgIpc) is 2.55. The summed E-state index contributed by atoms with van der Waals surface area (Å²) in [6.07, 6.45) is 0.488. The van der Waals surface area contributed by atoms with Gasteiger partial charge in [-0.3, -0.25) is 4.55 Å². The van der Waals surface area contributed by atoms with Crippen molar-refractivity contribution in [2.45, 2.75) is 24.7 Å². The molecule has 10 heteroatoms. The van der Waals surface area contributed by atoms with Crippen LogP contribution in [0, 0.1) is 5.82 Å².